The highest BCUT2D eigenvalue weighted by Gasteiger charge is 2.19. The first-order valence-electron chi connectivity index (χ1n) is 7.06. The Morgan fingerprint density at radius 1 is 1.22 bits per heavy atom. The van der Waals surface area contributed by atoms with E-state index in [1.54, 1.807) is 0 Å². The number of rotatable bonds is 9. The summed E-state index contributed by atoms with van der Waals surface area (Å²) in [5.74, 6) is 0.817. The van der Waals surface area contributed by atoms with Crippen LogP contribution in [0.1, 0.15) is 40.0 Å². The van der Waals surface area contributed by atoms with E-state index in [1.807, 2.05) is 25.9 Å². The Balaban J connectivity index is 4.18. The highest BCUT2D eigenvalue weighted by molar-refractivity contribution is 5.76. The number of nitrogens with zero attached hydrogens (tertiary/aromatic N) is 2. The molecule has 0 aliphatic carbocycles. The van der Waals surface area contributed by atoms with E-state index < -0.39 is 0 Å². The number of hydrogen-bond donors (Lipinski definition) is 1. The van der Waals surface area contributed by atoms with Crippen molar-refractivity contribution in [3.63, 3.8) is 0 Å². The van der Waals surface area contributed by atoms with Gasteiger partial charge in [0, 0.05) is 25.6 Å². The van der Waals surface area contributed by atoms with Gasteiger partial charge in [0.05, 0.1) is 0 Å². The first-order chi connectivity index (χ1) is 8.42. The van der Waals surface area contributed by atoms with E-state index in [0.29, 0.717) is 18.9 Å². The third-order valence-electron chi connectivity index (χ3n) is 3.33. The Morgan fingerprint density at radius 3 is 2.28 bits per heavy atom. The largest absolute Gasteiger partial charge is 0.339 e. The molecule has 0 aliphatic rings. The SMILES string of the molecule is CCN(C(=O)CCC(C)CCN)C(C)CN(C)C. The predicted octanol–water partition coefficient (Wildman–Crippen LogP) is 1.55. The molecule has 0 fully saturated rings. The van der Waals surface area contributed by atoms with Gasteiger partial charge in [0.1, 0.15) is 0 Å². The Morgan fingerprint density at radius 2 is 1.83 bits per heavy atom. The van der Waals surface area contributed by atoms with Crippen LogP contribution in [0.15, 0.2) is 0 Å². The number of likely N-dealkylation sites (N-methyl/N-ethyl adjacent to an activating group) is 2. The van der Waals surface area contributed by atoms with Crippen molar-refractivity contribution in [3.8, 4) is 0 Å². The first kappa shape index (κ1) is 17.4. The Bertz CT molecular complexity index is 231. The van der Waals surface area contributed by atoms with E-state index >= 15 is 0 Å². The Hall–Kier alpha value is -0.610. The fraction of sp³-hybridized carbons (Fsp3) is 0.929. The molecule has 18 heavy (non-hydrogen) atoms. The molecular formula is C14H31N3O. The zero-order valence-corrected chi connectivity index (χ0v) is 12.8. The van der Waals surface area contributed by atoms with Crippen LogP contribution in [0.4, 0.5) is 0 Å². The summed E-state index contributed by atoms with van der Waals surface area (Å²) < 4.78 is 0. The quantitative estimate of drug-likeness (QED) is 0.682. The molecule has 0 spiro atoms. The van der Waals surface area contributed by atoms with Gasteiger partial charge in [-0.1, -0.05) is 6.92 Å². The van der Waals surface area contributed by atoms with Gasteiger partial charge in [-0.2, -0.15) is 0 Å². The molecule has 0 aliphatic heterocycles. The van der Waals surface area contributed by atoms with Crippen LogP contribution in [0.2, 0.25) is 0 Å². The molecule has 108 valence electrons. The second-order valence-corrected chi connectivity index (χ2v) is 5.51. The molecule has 0 rings (SSSR count). The van der Waals surface area contributed by atoms with E-state index in [4.69, 9.17) is 5.73 Å². The van der Waals surface area contributed by atoms with Crippen LogP contribution >= 0.6 is 0 Å². The lowest BCUT2D eigenvalue weighted by atomic mass is 10.0. The highest BCUT2D eigenvalue weighted by atomic mass is 16.2. The topological polar surface area (TPSA) is 49.6 Å². The highest BCUT2D eigenvalue weighted by Crippen LogP contribution is 2.12. The molecule has 2 atom stereocenters. The van der Waals surface area contributed by atoms with Crippen LogP contribution in [0, 0.1) is 5.92 Å². The summed E-state index contributed by atoms with van der Waals surface area (Å²) in [5.41, 5.74) is 5.52. The van der Waals surface area contributed by atoms with Gasteiger partial charge in [-0.25, -0.2) is 0 Å². The monoisotopic (exact) mass is 257 g/mol. The number of nitrogens with two attached hydrogens (primary N) is 1. The van der Waals surface area contributed by atoms with Crippen molar-refractivity contribution >= 4 is 5.91 Å². The van der Waals surface area contributed by atoms with E-state index in [9.17, 15) is 4.79 Å². The smallest absolute Gasteiger partial charge is 0.222 e. The maximum Gasteiger partial charge on any atom is 0.222 e. The fourth-order valence-corrected chi connectivity index (χ4v) is 2.30. The standard InChI is InChI=1S/C14H31N3O/c1-6-17(13(3)11-16(4)5)14(18)8-7-12(2)9-10-15/h12-13H,6-11,15H2,1-5H3. The molecule has 4 heteroatoms. The molecule has 0 heterocycles. The van der Waals surface area contributed by atoms with Crippen LogP contribution in [0.25, 0.3) is 0 Å². The zero-order valence-electron chi connectivity index (χ0n) is 12.8. The Kier molecular flexibility index (Phi) is 9.02. The van der Waals surface area contributed by atoms with Gasteiger partial charge in [0.2, 0.25) is 5.91 Å². The first-order valence-corrected chi connectivity index (χ1v) is 7.06. The number of amides is 1. The summed E-state index contributed by atoms with van der Waals surface area (Å²) in [6, 6.07) is 0.280. The number of hydrogen-bond acceptors (Lipinski definition) is 3. The molecule has 0 bridgehead atoms. The van der Waals surface area contributed by atoms with Gasteiger partial charge in [-0.3, -0.25) is 4.79 Å². The molecule has 0 aromatic heterocycles. The average Bonchev–Trinajstić information content (AvgIpc) is 2.26. The third kappa shape index (κ3) is 6.97. The molecule has 1 amide bonds. The summed E-state index contributed by atoms with van der Waals surface area (Å²) in [4.78, 5) is 16.3. The minimum Gasteiger partial charge on any atom is -0.339 e. The Labute approximate surface area is 113 Å². The van der Waals surface area contributed by atoms with Crippen molar-refractivity contribution in [1.29, 1.82) is 0 Å². The normalized spacial score (nSPS) is 14.6. The van der Waals surface area contributed by atoms with Gasteiger partial charge in [-0.05, 0) is 53.2 Å². The second-order valence-electron chi connectivity index (χ2n) is 5.51. The lowest BCUT2D eigenvalue weighted by molar-refractivity contribution is -0.133. The maximum atomic E-state index is 12.2. The van der Waals surface area contributed by atoms with Crippen molar-refractivity contribution in [1.82, 2.24) is 9.80 Å². The molecule has 4 nitrogen and oxygen atoms in total. The van der Waals surface area contributed by atoms with Crippen molar-refractivity contribution in [3.05, 3.63) is 0 Å². The molecule has 0 aromatic carbocycles. The third-order valence-corrected chi connectivity index (χ3v) is 3.33. The zero-order chi connectivity index (χ0) is 14.1. The summed E-state index contributed by atoms with van der Waals surface area (Å²) >= 11 is 0. The molecule has 0 saturated carbocycles. The lowest BCUT2D eigenvalue weighted by Gasteiger charge is -2.30. The summed E-state index contributed by atoms with van der Waals surface area (Å²) in [7, 11) is 4.08. The van der Waals surface area contributed by atoms with Crippen molar-refractivity contribution in [2.75, 3.05) is 33.7 Å². The minimum absolute atomic E-state index is 0.274. The fourth-order valence-electron chi connectivity index (χ4n) is 2.30. The van der Waals surface area contributed by atoms with Crippen LogP contribution in [-0.4, -0.2) is 55.5 Å². The predicted molar refractivity (Wildman–Crippen MR) is 77.5 cm³/mol. The molecule has 0 radical (unpaired) electrons. The number of carbonyl (C=O) groups excluding carboxylic acids is 1. The van der Waals surface area contributed by atoms with Gasteiger partial charge in [0.25, 0.3) is 0 Å². The van der Waals surface area contributed by atoms with Gasteiger partial charge in [0.15, 0.2) is 0 Å². The molecule has 2 N–H and O–H groups in total. The van der Waals surface area contributed by atoms with E-state index in [2.05, 4.69) is 18.7 Å². The van der Waals surface area contributed by atoms with Gasteiger partial charge < -0.3 is 15.5 Å². The van der Waals surface area contributed by atoms with Gasteiger partial charge in [-0.15, -0.1) is 0 Å². The van der Waals surface area contributed by atoms with Crippen molar-refractivity contribution in [2.24, 2.45) is 11.7 Å². The van der Waals surface area contributed by atoms with Gasteiger partial charge >= 0.3 is 0 Å². The molecule has 0 aromatic rings. The van der Waals surface area contributed by atoms with Crippen LogP contribution in [-0.2, 0) is 4.79 Å². The average molecular weight is 257 g/mol. The van der Waals surface area contributed by atoms with Crippen LogP contribution in [0.3, 0.4) is 0 Å². The number of carbonyl (C=O) groups is 1. The minimum atomic E-state index is 0.274. The van der Waals surface area contributed by atoms with E-state index in [1.165, 1.54) is 0 Å². The van der Waals surface area contributed by atoms with E-state index in [-0.39, 0.29) is 11.9 Å². The van der Waals surface area contributed by atoms with Crippen LogP contribution < -0.4 is 5.73 Å². The molecule has 0 saturated heterocycles. The van der Waals surface area contributed by atoms with Crippen LogP contribution in [0.5, 0.6) is 0 Å². The summed E-state index contributed by atoms with van der Waals surface area (Å²) in [6.45, 7) is 8.75. The molecule has 2 unspecified atom stereocenters. The summed E-state index contributed by atoms with van der Waals surface area (Å²) in [5, 5.41) is 0. The van der Waals surface area contributed by atoms with Crippen molar-refractivity contribution in [2.45, 2.75) is 46.1 Å². The van der Waals surface area contributed by atoms with Crippen molar-refractivity contribution < 1.29 is 4.79 Å². The summed E-state index contributed by atoms with van der Waals surface area (Å²) in [6.07, 6.45) is 2.60. The van der Waals surface area contributed by atoms with E-state index in [0.717, 1.165) is 25.9 Å². The maximum absolute atomic E-state index is 12.2. The lowest BCUT2D eigenvalue weighted by Crippen LogP contribution is -2.43. The molecular weight excluding hydrogens is 226 g/mol. The second kappa shape index (κ2) is 9.34.